The van der Waals surface area contributed by atoms with E-state index in [1.165, 1.54) is 5.56 Å². The van der Waals surface area contributed by atoms with E-state index in [0.717, 1.165) is 21.7 Å². The lowest BCUT2D eigenvalue weighted by Gasteiger charge is -2.07. The lowest BCUT2D eigenvalue weighted by atomic mass is 10.0. The van der Waals surface area contributed by atoms with Gasteiger partial charge in [0.25, 0.3) is 0 Å². The number of fused-ring (bicyclic) bond motifs is 3. The van der Waals surface area contributed by atoms with Crippen LogP contribution in [0.5, 0.6) is 0 Å². The number of aryl methyl sites for hydroxylation is 1. The third-order valence-corrected chi connectivity index (χ3v) is 3.06. The first-order valence-corrected chi connectivity index (χ1v) is 5.63. The summed E-state index contributed by atoms with van der Waals surface area (Å²) in [5.74, 6) is 0. The topological polar surface area (TPSA) is 12.9 Å². The first kappa shape index (κ1) is 10.2. The number of hydrogen-bond acceptors (Lipinski definition) is 1. The van der Waals surface area contributed by atoms with Crippen LogP contribution >= 0.6 is 0 Å². The zero-order valence-corrected chi connectivity index (χ0v) is 9.57. The summed E-state index contributed by atoms with van der Waals surface area (Å²) in [7, 11) is 0. The van der Waals surface area contributed by atoms with Gasteiger partial charge >= 0.3 is 0 Å². The summed E-state index contributed by atoms with van der Waals surface area (Å²) >= 11 is 0. The Labute approximate surface area is 98.9 Å². The van der Waals surface area contributed by atoms with Crippen molar-refractivity contribution in [2.75, 3.05) is 0 Å². The largest absolute Gasteiger partial charge is 0.249 e. The van der Waals surface area contributed by atoms with Crippen LogP contribution in [0.3, 0.4) is 0 Å². The standard InChI is InChI=1S/C15H12FN/c1-10-6-7-14-13(8-10)11-4-2-3-5-12(11)15(9-16)17-14/h2-8H,9H2,1H3. The van der Waals surface area contributed by atoms with E-state index >= 15 is 0 Å². The van der Waals surface area contributed by atoms with E-state index in [0.29, 0.717) is 5.69 Å². The third-order valence-electron chi connectivity index (χ3n) is 3.06. The Morgan fingerprint density at radius 3 is 2.53 bits per heavy atom. The number of nitrogens with zero attached hydrogens (tertiary/aromatic N) is 1. The Morgan fingerprint density at radius 1 is 1.00 bits per heavy atom. The molecule has 84 valence electrons. The number of rotatable bonds is 1. The van der Waals surface area contributed by atoms with Crippen LogP contribution in [0.25, 0.3) is 21.7 Å². The van der Waals surface area contributed by atoms with Gasteiger partial charge in [0.05, 0.1) is 11.2 Å². The normalized spacial score (nSPS) is 11.2. The Hall–Kier alpha value is -1.96. The van der Waals surface area contributed by atoms with Gasteiger partial charge in [-0.2, -0.15) is 0 Å². The first-order chi connectivity index (χ1) is 8.29. The lowest BCUT2D eigenvalue weighted by molar-refractivity contribution is 0.480. The second-order valence-corrected chi connectivity index (χ2v) is 4.26. The molecular formula is C15H12FN. The molecule has 2 heteroatoms. The molecule has 1 aromatic heterocycles. The Morgan fingerprint density at radius 2 is 1.76 bits per heavy atom. The maximum absolute atomic E-state index is 13.0. The van der Waals surface area contributed by atoms with Gasteiger partial charge in [-0.25, -0.2) is 9.37 Å². The van der Waals surface area contributed by atoms with Crippen LogP contribution in [0.2, 0.25) is 0 Å². The van der Waals surface area contributed by atoms with Gasteiger partial charge in [0.1, 0.15) is 6.67 Å². The van der Waals surface area contributed by atoms with Gasteiger partial charge < -0.3 is 0 Å². The van der Waals surface area contributed by atoms with Crippen LogP contribution in [-0.2, 0) is 6.67 Å². The summed E-state index contributed by atoms with van der Waals surface area (Å²) in [5.41, 5.74) is 2.58. The van der Waals surface area contributed by atoms with Gasteiger partial charge in [0, 0.05) is 10.8 Å². The van der Waals surface area contributed by atoms with Crippen molar-refractivity contribution < 1.29 is 4.39 Å². The van der Waals surface area contributed by atoms with Crippen LogP contribution in [0.15, 0.2) is 42.5 Å². The molecular weight excluding hydrogens is 213 g/mol. The van der Waals surface area contributed by atoms with Crippen molar-refractivity contribution in [3.63, 3.8) is 0 Å². The fourth-order valence-electron chi connectivity index (χ4n) is 2.24. The van der Waals surface area contributed by atoms with E-state index in [1.807, 2.05) is 36.4 Å². The van der Waals surface area contributed by atoms with E-state index in [4.69, 9.17) is 0 Å². The maximum atomic E-state index is 13.0. The van der Waals surface area contributed by atoms with E-state index in [-0.39, 0.29) is 0 Å². The van der Waals surface area contributed by atoms with Crippen LogP contribution in [0.1, 0.15) is 11.3 Å². The molecule has 0 radical (unpaired) electrons. The summed E-state index contributed by atoms with van der Waals surface area (Å²) in [6.45, 7) is 1.53. The fourth-order valence-corrected chi connectivity index (χ4v) is 2.24. The number of aromatic nitrogens is 1. The molecule has 17 heavy (non-hydrogen) atoms. The van der Waals surface area contributed by atoms with Crippen molar-refractivity contribution in [3.05, 3.63) is 53.7 Å². The molecule has 0 fully saturated rings. The molecule has 0 aliphatic carbocycles. The molecule has 0 spiro atoms. The quantitative estimate of drug-likeness (QED) is 0.566. The van der Waals surface area contributed by atoms with Gasteiger partial charge in [-0.1, -0.05) is 35.9 Å². The summed E-state index contributed by atoms with van der Waals surface area (Å²) < 4.78 is 13.0. The van der Waals surface area contributed by atoms with Crippen LogP contribution in [0, 0.1) is 6.92 Å². The molecule has 0 atom stereocenters. The van der Waals surface area contributed by atoms with E-state index in [1.54, 1.807) is 0 Å². The minimum absolute atomic E-state index is 0.523. The molecule has 0 aliphatic heterocycles. The number of hydrogen-bond donors (Lipinski definition) is 0. The molecule has 1 nitrogen and oxygen atoms in total. The maximum Gasteiger partial charge on any atom is 0.132 e. The average molecular weight is 225 g/mol. The molecule has 0 saturated carbocycles. The summed E-state index contributed by atoms with van der Waals surface area (Å²) in [5, 5.41) is 3.08. The molecule has 0 aliphatic rings. The monoisotopic (exact) mass is 225 g/mol. The van der Waals surface area contributed by atoms with Gasteiger partial charge in [-0.3, -0.25) is 0 Å². The highest BCUT2D eigenvalue weighted by molar-refractivity contribution is 6.06. The van der Waals surface area contributed by atoms with Crippen LogP contribution in [0.4, 0.5) is 4.39 Å². The van der Waals surface area contributed by atoms with Crippen molar-refractivity contribution in [1.82, 2.24) is 4.98 Å². The molecule has 0 saturated heterocycles. The molecule has 0 N–H and O–H groups in total. The highest BCUT2D eigenvalue weighted by Crippen LogP contribution is 2.27. The fraction of sp³-hybridized carbons (Fsp3) is 0.133. The van der Waals surface area contributed by atoms with Crippen molar-refractivity contribution in [1.29, 1.82) is 0 Å². The predicted octanol–water partition coefficient (Wildman–Crippen LogP) is 4.17. The second kappa shape index (κ2) is 3.81. The average Bonchev–Trinajstić information content (AvgIpc) is 2.38. The van der Waals surface area contributed by atoms with Crippen LogP contribution < -0.4 is 0 Å². The molecule has 0 unspecified atom stereocenters. The van der Waals surface area contributed by atoms with E-state index < -0.39 is 6.67 Å². The van der Waals surface area contributed by atoms with Gasteiger partial charge in [-0.15, -0.1) is 0 Å². The highest BCUT2D eigenvalue weighted by Gasteiger charge is 2.07. The smallest absolute Gasteiger partial charge is 0.132 e. The third kappa shape index (κ3) is 1.57. The minimum atomic E-state index is -0.523. The van der Waals surface area contributed by atoms with Crippen LogP contribution in [-0.4, -0.2) is 4.98 Å². The second-order valence-electron chi connectivity index (χ2n) is 4.26. The van der Waals surface area contributed by atoms with Gasteiger partial charge in [-0.05, 0) is 24.4 Å². The van der Waals surface area contributed by atoms with Crippen molar-refractivity contribution in [2.45, 2.75) is 13.6 Å². The number of benzene rings is 2. The molecule has 3 aromatic rings. The Bertz CT molecular complexity index is 704. The lowest BCUT2D eigenvalue weighted by Crippen LogP contribution is -1.91. The molecule has 1 heterocycles. The van der Waals surface area contributed by atoms with Crippen molar-refractivity contribution >= 4 is 21.7 Å². The van der Waals surface area contributed by atoms with Gasteiger partial charge in [0.15, 0.2) is 0 Å². The molecule has 2 aromatic carbocycles. The minimum Gasteiger partial charge on any atom is -0.249 e. The van der Waals surface area contributed by atoms with E-state index in [9.17, 15) is 4.39 Å². The summed E-state index contributed by atoms with van der Waals surface area (Å²) in [4.78, 5) is 4.39. The predicted molar refractivity (Wildman–Crippen MR) is 68.8 cm³/mol. The molecule has 0 bridgehead atoms. The van der Waals surface area contributed by atoms with E-state index in [2.05, 4.69) is 18.0 Å². The number of halogens is 1. The number of pyridine rings is 1. The van der Waals surface area contributed by atoms with Crippen molar-refractivity contribution in [2.24, 2.45) is 0 Å². The highest BCUT2D eigenvalue weighted by atomic mass is 19.1. The first-order valence-electron chi connectivity index (χ1n) is 5.63. The summed E-state index contributed by atoms with van der Waals surface area (Å²) in [6.07, 6.45) is 0. The Balaban J connectivity index is 2.55. The SMILES string of the molecule is Cc1ccc2nc(CF)c3ccccc3c2c1. The summed E-state index contributed by atoms with van der Waals surface area (Å²) in [6, 6.07) is 13.9. The Kier molecular flexibility index (Phi) is 2.29. The molecule has 0 amide bonds. The zero-order chi connectivity index (χ0) is 11.8. The van der Waals surface area contributed by atoms with Gasteiger partial charge in [0.2, 0.25) is 0 Å². The molecule has 3 rings (SSSR count). The zero-order valence-electron chi connectivity index (χ0n) is 9.57. The number of alkyl halides is 1. The van der Waals surface area contributed by atoms with Crippen molar-refractivity contribution in [3.8, 4) is 0 Å².